The smallest absolute Gasteiger partial charge is 0.261 e. The fourth-order valence-corrected chi connectivity index (χ4v) is 2.54. The molecule has 0 unspecified atom stereocenters. The van der Waals surface area contributed by atoms with Crippen molar-refractivity contribution in [2.75, 3.05) is 5.32 Å². The molecule has 1 N–H and O–H groups in total. The van der Waals surface area contributed by atoms with Gasteiger partial charge in [-0.1, -0.05) is 31.2 Å². The van der Waals surface area contributed by atoms with Crippen molar-refractivity contribution in [3.63, 3.8) is 0 Å². The molecule has 0 fully saturated rings. The molecule has 0 aliphatic rings. The number of aryl methyl sites for hydroxylation is 1. The molecule has 0 aliphatic carbocycles. The van der Waals surface area contributed by atoms with E-state index in [1.165, 1.54) is 22.8 Å². The molecule has 5 nitrogen and oxygen atoms in total. The van der Waals surface area contributed by atoms with Gasteiger partial charge in [-0.2, -0.15) is 0 Å². The Morgan fingerprint density at radius 1 is 1.17 bits per heavy atom. The Bertz CT molecular complexity index is 966. The van der Waals surface area contributed by atoms with E-state index in [0.717, 1.165) is 0 Å². The van der Waals surface area contributed by atoms with E-state index in [2.05, 4.69) is 10.3 Å². The molecule has 0 bridgehead atoms. The molecular weight excluding hydrogens is 309 g/mol. The van der Waals surface area contributed by atoms with Gasteiger partial charge >= 0.3 is 0 Å². The van der Waals surface area contributed by atoms with Gasteiger partial charge in [0, 0.05) is 6.42 Å². The minimum absolute atomic E-state index is 0.0855. The average molecular weight is 325 g/mol. The quantitative estimate of drug-likeness (QED) is 0.802. The lowest BCUT2D eigenvalue weighted by atomic mass is 10.2. The molecule has 3 rings (SSSR count). The standard InChI is InChI=1S/C18H16FN3O2/c1-2-16-20-14-9-5-3-7-12(14)18(24)22(16)11-17(23)21-15-10-6-4-8-13(15)19/h3-10H,2,11H2,1H3,(H,21,23). The van der Waals surface area contributed by atoms with Gasteiger partial charge in [-0.05, 0) is 24.3 Å². The molecule has 24 heavy (non-hydrogen) atoms. The molecule has 0 spiro atoms. The van der Waals surface area contributed by atoms with Crippen LogP contribution in [-0.2, 0) is 17.8 Å². The topological polar surface area (TPSA) is 64.0 Å². The molecule has 0 radical (unpaired) electrons. The molecule has 1 aromatic heterocycles. The molecule has 0 saturated heterocycles. The lowest BCUT2D eigenvalue weighted by Crippen LogP contribution is -2.31. The van der Waals surface area contributed by atoms with E-state index in [9.17, 15) is 14.0 Å². The first-order chi connectivity index (χ1) is 11.6. The number of hydrogen-bond acceptors (Lipinski definition) is 3. The third-order valence-electron chi connectivity index (χ3n) is 3.71. The average Bonchev–Trinajstić information content (AvgIpc) is 2.59. The zero-order chi connectivity index (χ0) is 17.1. The first kappa shape index (κ1) is 15.9. The minimum atomic E-state index is -0.523. The number of rotatable bonds is 4. The van der Waals surface area contributed by atoms with E-state index in [-0.39, 0.29) is 17.8 Å². The normalized spacial score (nSPS) is 10.8. The molecule has 0 saturated carbocycles. The summed E-state index contributed by atoms with van der Waals surface area (Å²) in [4.78, 5) is 29.3. The van der Waals surface area contributed by atoms with Crippen LogP contribution in [0.4, 0.5) is 10.1 Å². The number of para-hydroxylation sites is 2. The van der Waals surface area contributed by atoms with Crippen LogP contribution in [-0.4, -0.2) is 15.5 Å². The lowest BCUT2D eigenvalue weighted by Gasteiger charge is -2.12. The van der Waals surface area contributed by atoms with Crippen LogP contribution in [0.1, 0.15) is 12.7 Å². The highest BCUT2D eigenvalue weighted by Gasteiger charge is 2.13. The third kappa shape index (κ3) is 3.03. The summed E-state index contributed by atoms with van der Waals surface area (Å²) in [5.41, 5.74) is 0.411. The maximum absolute atomic E-state index is 13.6. The number of aromatic nitrogens is 2. The Hall–Kier alpha value is -3.02. The van der Waals surface area contributed by atoms with Crippen molar-refractivity contribution in [2.24, 2.45) is 0 Å². The van der Waals surface area contributed by atoms with Gasteiger partial charge in [0.15, 0.2) is 0 Å². The van der Waals surface area contributed by atoms with Crippen molar-refractivity contribution in [2.45, 2.75) is 19.9 Å². The maximum atomic E-state index is 13.6. The summed E-state index contributed by atoms with van der Waals surface area (Å²) in [5.74, 6) is -0.484. The van der Waals surface area contributed by atoms with Gasteiger partial charge in [0.05, 0.1) is 16.6 Å². The molecule has 1 heterocycles. The van der Waals surface area contributed by atoms with Crippen LogP contribution >= 0.6 is 0 Å². The van der Waals surface area contributed by atoms with Gasteiger partial charge in [0.2, 0.25) is 5.91 Å². The molecule has 6 heteroatoms. The molecule has 0 atom stereocenters. The van der Waals surface area contributed by atoms with Gasteiger partial charge in [-0.3, -0.25) is 14.2 Å². The highest BCUT2D eigenvalue weighted by molar-refractivity contribution is 5.91. The Labute approximate surface area is 137 Å². The number of halogens is 1. The molecule has 3 aromatic rings. The van der Waals surface area contributed by atoms with Crippen LogP contribution in [0.3, 0.4) is 0 Å². The number of anilines is 1. The Morgan fingerprint density at radius 2 is 1.88 bits per heavy atom. The fraction of sp³-hybridized carbons (Fsp3) is 0.167. The van der Waals surface area contributed by atoms with E-state index < -0.39 is 11.7 Å². The van der Waals surface area contributed by atoms with Gasteiger partial charge in [-0.25, -0.2) is 9.37 Å². The summed E-state index contributed by atoms with van der Waals surface area (Å²) < 4.78 is 15.0. The van der Waals surface area contributed by atoms with Crippen LogP contribution < -0.4 is 10.9 Å². The van der Waals surface area contributed by atoms with E-state index in [1.807, 2.05) is 13.0 Å². The lowest BCUT2D eigenvalue weighted by molar-refractivity contribution is -0.116. The number of carbonyl (C=O) groups excluding carboxylic acids is 1. The molecule has 2 aromatic carbocycles. The van der Waals surface area contributed by atoms with Crippen LogP contribution in [0.5, 0.6) is 0 Å². The summed E-state index contributed by atoms with van der Waals surface area (Å²) >= 11 is 0. The predicted molar refractivity (Wildman–Crippen MR) is 90.4 cm³/mol. The number of nitrogens with zero attached hydrogens (tertiary/aromatic N) is 2. The number of amides is 1. The Morgan fingerprint density at radius 3 is 2.62 bits per heavy atom. The number of carbonyl (C=O) groups is 1. The van der Waals surface area contributed by atoms with Crippen LogP contribution in [0.25, 0.3) is 10.9 Å². The van der Waals surface area contributed by atoms with Crippen LogP contribution in [0, 0.1) is 5.82 Å². The first-order valence-corrected chi connectivity index (χ1v) is 7.63. The van der Waals surface area contributed by atoms with Crippen molar-refractivity contribution >= 4 is 22.5 Å². The summed E-state index contributed by atoms with van der Waals surface area (Å²) in [6.45, 7) is 1.65. The minimum Gasteiger partial charge on any atom is -0.322 e. The predicted octanol–water partition coefficient (Wildman–Crippen LogP) is 2.74. The Kier molecular flexibility index (Phi) is 4.37. The van der Waals surface area contributed by atoms with Crippen LogP contribution in [0.2, 0.25) is 0 Å². The first-order valence-electron chi connectivity index (χ1n) is 7.63. The van der Waals surface area contributed by atoms with Crippen molar-refractivity contribution in [3.8, 4) is 0 Å². The Balaban J connectivity index is 1.94. The zero-order valence-electron chi connectivity index (χ0n) is 13.1. The zero-order valence-corrected chi connectivity index (χ0v) is 13.1. The van der Waals surface area contributed by atoms with Gasteiger partial charge in [0.1, 0.15) is 18.2 Å². The molecule has 1 amide bonds. The monoisotopic (exact) mass is 325 g/mol. The number of benzene rings is 2. The second-order valence-corrected chi connectivity index (χ2v) is 5.32. The largest absolute Gasteiger partial charge is 0.322 e. The third-order valence-corrected chi connectivity index (χ3v) is 3.71. The second-order valence-electron chi connectivity index (χ2n) is 5.32. The maximum Gasteiger partial charge on any atom is 0.261 e. The van der Waals surface area contributed by atoms with Gasteiger partial charge in [0.25, 0.3) is 5.56 Å². The summed E-state index contributed by atoms with van der Waals surface area (Å²) in [5, 5.41) is 2.94. The van der Waals surface area contributed by atoms with Gasteiger partial charge in [-0.15, -0.1) is 0 Å². The summed E-state index contributed by atoms with van der Waals surface area (Å²) in [7, 11) is 0. The van der Waals surface area contributed by atoms with Crippen molar-refractivity contribution in [1.82, 2.24) is 9.55 Å². The highest BCUT2D eigenvalue weighted by Crippen LogP contribution is 2.13. The van der Waals surface area contributed by atoms with Crippen molar-refractivity contribution < 1.29 is 9.18 Å². The van der Waals surface area contributed by atoms with Crippen molar-refractivity contribution in [1.29, 1.82) is 0 Å². The molecule has 122 valence electrons. The van der Waals surface area contributed by atoms with Crippen molar-refractivity contribution in [3.05, 3.63) is 70.5 Å². The number of nitrogens with one attached hydrogen (secondary N) is 1. The van der Waals surface area contributed by atoms with E-state index in [4.69, 9.17) is 0 Å². The fourth-order valence-electron chi connectivity index (χ4n) is 2.54. The van der Waals surface area contributed by atoms with Gasteiger partial charge < -0.3 is 5.32 Å². The van der Waals surface area contributed by atoms with Crippen LogP contribution in [0.15, 0.2) is 53.3 Å². The van der Waals surface area contributed by atoms with E-state index in [1.54, 1.807) is 24.3 Å². The summed E-state index contributed by atoms with van der Waals surface area (Å²) in [6, 6.07) is 12.9. The molecule has 0 aliphatic heterocycles. The SMILES string of the molecule is CCc1nc2ccccc2c(=O)n1CC(=O)Nc1ccccc1F. The van der Waals surface area contributed by atoms with E-state index >= 15 is 0 Å². The number of fused-ring (bicyclic) bond motifs is 1. The highest BCUT2D eigenvalue weighted by atomic mass is 19.1. The summed E-state index contributed by atoms with van der Waals surface area (Å²) in [6.07, 6.45) is 0.507. The number of hydrogen-bond donors (Lipinski definition) is 1. The molecular formula is C18H16FN3O2. The van der Waals surface area contributed by atoms with E-state index in [0.29, 0.717) is 23.1 Å². The second kappa shape index (κ2) is 6.62.